The van der Waals surface area contributed by atoms with Gasteiger partial charge >= 0.3 is 5.97 Å². The van der Waals surface area contributed by atoms with Crippen molar-refractivity contribution in [2.45, 2.75) is 62.7 Å². The number of hydrogen-bond acceptors (Lipinski definition) is 5. The van der Waals surface area contributed by atoms with Crippen molar-refractivity contribution < 1.29 is 32.2 Å². The average Bonchev–Trinajstić information content (AvgIpc) is 3.82. The molecule has 44 heavy (non-hydrogen) atoms. The largest absolute Gasteiger partial charge is 0.481 e. The molecule has 234 valence electrons. The first-order valence-electron chi connectivity index (χ1n) is 14.3. The van der Waals surface area contributed by atoms with E-state index in [2.05, 4.69) is 0 Å². The predicted octanol–water partition coefficient (Wildman–Crippen LogP) is 6.64. The van der Waals surface area contributed by atoms with Gasteiger partial charge in [-0.3, -0.25) is 13.9 Å². The molecular weight excluding hydrogens is 630 g/mol. The highest BCUT2D eigenvalue weighted by Gasteiger charge is 2.50. The van der Waals surface area contributed by atoms with E-state index in [0.29, 0.717) is 34.0 Å². The van der Waals surface area contributed by atoms with Crippen LogP contribution in [0.3, 0.4) is 0 Å². The molecular formula is C32H33Cl2FN2O6S. The summed E-state index contributed by atoms with van der Waals surface area (Å²) in [5, 5.41) is 9.95. The van der Waals surface area contributed by atoms with Crippen molar-refractivity contribution in [3.8, 4) is 0 Å². The molecule has 0 radical (unpaired) electrons. The van der Waals surface area contributed by atoms with Crippen LogP contribution in [0.15, 0.2) is 72.8 Å². The van der Waals surface area contributed by atoms with Crippen molar-refractivity contribution in [1.82, 2.24) is 4.90 Å². The summed E-state index contributed by atoms with van der Waals surface area (Å²) in [7, 11) is -3.98. The second kappa shape index (κ2) is 13.0. The molecule has 1 amide bonds. The molecule has 4 atom stereocenters. The number of halogens is 3. The number of benzene rings is 3. The van der Waals surface area contributed by atoms with E-state index < -0.39 is 63.7 Å². The third-order valence-electron chi connectivity index (χ3n) is 8.03. The number of hydrogen-bond donors (Lipinski definition) is 1. The van der Waals surface area contributed by atoms with Crippen LogP contribution in [0.25, 0.3) is 0 Å². The zero-order chi connectivity index (χ0) is 31.8. The number of ether oxygens (including phenoxy) is 1. The summed E-state index contributed by atoms with van der Waals surface area (Å²) in [5.74, 6) is -2.89. The lowest BCUT2D eigenvalue weighted by atomic mass is 9.88. The normalized spacial score (nSPS) is 21.4. The minimum Gasteiger partial charge on any atom is -0.481 e. The molecule has 1 heterocycles. The Kier molecular flexibility index (Phi) is 9.55. The van der Waals surface area contributed by atoms with Crippen molar-refractivity contribution in [3.63, 3.8) is 0 Å². The number of carbonyl (C=O) groups is 2. The zero-order valence-corrected chi connectivity index (χ0v) is 26.5. The molecule has 1 saturated carbocycles. The van der Waals surface area contributed by atoms with E-state index >= 15 is 4.39 Å². The molecule has 12 heteroatoms. The van der Waals surface area contributed by atoms with Crippen molar-refractivity contribution in [3.05, 3.63) is 99.8 Å². The van der Waals surface area contributed by atoms with E-state index in [1.807, 2.05) is 13.8 Å². The van der Waals surface area contributed by atoms with Gasteiger partial charge in [-0.05, 0) is 66.3 Å². The van der Waals surface area contributed by atoms with E-state index in [1.165, 1.54) is 23.1 Å². The molecule has 0 spiro atoms. The Morgan fingerprint density at radius 1 is 1.02 bits per heavy atom. The van der Waals surface area contributed by atoms with Crippen LogP contribution in [0.5, 0.6) is 0 Å². The number of carboxylic acid groups (broad SMARTS) is 1. The molecule has 5 rings (SSSR count). The summed E-state index contributed by atoms with van der Waals surface area (Å²) >= 11 is 12.6. The SMILES string of the molecule is CC(C)C(CN(c1ccccc1F)S(=O)(=O)C1CC1)N1C(=O)[C@H](CC(=O)O)O[C@H](c2cccc(Cl)c2)[C@H]1c1ccc(Cl)cc1. The van der Waals surface area contributed by atoms with Gasteiger partial charge in [0.05, 0.1) is 36.0 Å². The van der Waals surface area contributed by atoms with E-state index in [-0.39, 0.29) is 18.2 Å². The molecule has 3 aromatic rings. The summed E-state index contributed by atoms with van der Waals surface area (Å²) in [6.45, 7) is 3.43. The number of para-hydroxylation sites is 1. The van der Waals surface area contributed by atoms with Gasteiger partial charge in [0.15, 0.2) is 0 Å². The maximum Gasteiger partial charge on any atom is 0.306 e. The maximum atomic E-state index is 15.2. The molecule has 1 N–H and O–H groups in total. The number of sulfonamides is 1. The standard InChI is InChI=1S/C32H33Cl2FN2O6S/c1-19(2)27(18-36(44(41,42)24-14-15-24)26-9-4-3-8-25(26)35)37-30(20-10-12-22(33)13-11-20)31(21-6-5-7-23(34)16-21)43-28(32(37)40)17-29(38)39/h3-13,16,19,24,27-28,30-31H,14-15,17-18H2,1-2H3,(H,38,39)/t27?,28-,30+,31+/m0/s1. The van der Waals surface area contributed by atoms with E-state index in [4.69, 9.17) is 27.9 Å². The second-order valence-electron chi connectivity index (χ2n) is 11.5. The Labute approximate surface area is 266 Å². The summed E-state index contributed by atoms with van der Waals surface area (Å²) in [4.78, 5) is 27.8. The minimum absolute atomic E-state index is 0.109. The Morgan fingerprint density at radius 3 is 2.30 bits per heavy atom. The Morgan fingerprint density at radius 2 is 1.70 bits per heavy atom. The van der Waals surface area contributed by atoms with Crippen LogP contribution in [0, 0.1) is 11.7 Å². The van der Waals surface area contributed by atoms with Gasteiger partial charge < -0.3 is 14.7 Å². The monoisotopic (exact) mass is 662 g/mol. The number of nitrogens with zero attached hydrogens (tertiary/aromatic N) is 2. The van der Waals surface area contributed by atoms with Gasteiger partial charge in [0.2, 0.25) is 10.0 Å². The van der Waals surface area contributed by atoms with Gasteiger partial charge in [0.1, 0.15) is 18.0 Å². The van der Waals surface area contributed by atoms with E-state index in [1.54, 1.807) is 54.6 Å². The minimum atomic E-state index is -3.98. The molecule has 3 aromatic carbocycles. The number of carbonyl (C=O) groups excluding carboxylic acids is 1. The number of anilines is 1. The number of amides is 1. The predicted molar refractivity (Wildman–Crippen MR) is 167 cm³/mol. The number of morpholine rings is 1. The van der Waals surface area contributed by atoms with Crippen LogP contribution >= 0.6 is 23.2 Å². The molecule has 0 aromatic heterocycles. The van der Waals surface area contributed by atoms with Crippen LogP contribution in [-0.4, -0.2) is 54.2 Å². The quantitative estimate of drug-likeness (QED) is 0.247. The maximum absolute atomic E-state index is 15.2. The second-order valence-corrected chi connectivity index (χ2v) is 14.5. The Balaban J connectivity index is 1.69. The van der Waals surface area contributed by atoms with Crippen LogP contribution in [0.2, 0.25) is 10.0 Å². The van der Waals surface area contributed by atoms with Crippen molar-refractivity contribution in [2.24, 2.45) is 5.92 Å². The van der Waals surface area contributed by atoms with Gasteiger partial charge in [-0.15, -0.1) is 0 Å². The van der Waals surface area contributed by atoms with E-state index in [9.17, 15) is 23.1 Å². The smallest absolute Gasteiger partial charge is 0.306 e. The highest BCUT2D eigenvalue weighted by molar-refractivity contribution is 7.93. The van der Waals surface area contributed by atoms with Crippen molar-refractivity contribution in [2.75, 3.05) is 10.8 Å². The van der Waals surface area contributed by atoms with Gasteiger partial charge in [-0.1, -0.05) is 73.4 Å². The van der Waals surface area contributed by atoms with Crippen LogP contribution in [0.4, 0.5) is 10.1 Å². The first-order chi connectivity index (χ1) is 20.9. The molecule has 2 aliphatic rings. The Hall–Kier alpha value is -3.18. The van der Waals surface area contributed by atoms with Crippen LogP contribution < -0.4 is 4.31 Å². The van der Waals surface area contributed by atoms with Crippen molar-refractivity contribution >= 4 is 50.8 Å². The van der Waals surface area contributed by atoms with Gasteiger partial charge in [-0.2, -0.15) is 0 Å². The Bertz CT molecular complexity index is 1630. The lowest BCUT2D eigenvalue weighted by Crippen LogP contribution is -2.59. The molecule has 0 bridgehead atoms. The van der Waals surface area contributed by atoms with Crippen LogP contribution in [0.1, 0.15) is 56.4 Å². The number of rotatable bonds is 11. The molecule has 1 saturated heterocycles. The number of carboxylic acids is 1. The number of aliphatic carboxylic acids is 1. The molecule has 1 unspecified atom stereocenters. The fourth-order valence-electron chi connectivity index (χ4n) is 5.69. The third kappa shape index (κ3) is 6.73. The average molecular weight is 664 g/mol. The summed E-state index contributed by atoms with van der Waals surface area (Å²) < 4.78 is 50.2. The highest BCUT2D eigenvalue weighted by atomic mass is 35.5. The first kappa shape index (κ1) is 32.2. The lowest BCUT2D eigenvalue weighted by Gasteiger charge is -2.50. The molecule has 8 nitrogen and oxygen atoms in total. The van der Waals surface area contributed by atoms with Gasteiger partial charge in [-0.25, -0.2) is 12.8 Å². The van der Waals surface area contributed by atoms with Gasteiger partial charge in [0.25, 0.3) is 5.91 Å². The summed E-state index contributed by atoms with van der Waals surface area (Å²) in [6, 6.07) is 17.7. The topological polar surface area (TPSA) is 104 Å². The summed E-state index contributed by atoms with van der Waals surface area (Å²) in [6.07, 6.45) is -1.94. The first-order valence-corrected chi connectivity index (χ1v) is 16.6. The molecule has 1 aliphatic heterocycles. The fourth-order valence-corrected chi connectivity index (χ4v) is 7.89. The molecule has 2 fully saturated rings. The third-order valence-corrected chi connectivity index (χ3v) is 10.8. The highest BCUT2D eigenvalue weighted by Crippen LogP contribution is 2.46. The van der Waals surface area contributed by atoms with Gasteiger partial charge in [0, 0.05) is 10.0 Å². The lowest BCUT2D eigenvalue weighted by molar-refractivity contribution is -0.184. The molecule has 1 aliphatic carbocycles. The summed E-state index contributed by atoms with van der Waals surface area (Å²) in [5.41, 5.74) is 1.13. The van der Waals surface area contributed by atoms with Crippen molar-refractivity contribution in [1.29, 1.82) is 0 Å². The van der Waals surface area contributed by atoms with Crippen LogP contribution in [-0.2, 0) is 24.3 Å². The fraction of sp³-hybridized carbons (Fsp3) is 0.375. The van der Waals surface area contributed by atoms with E-state index in [0.717, 1.165) is 4.31 Å². The zero-order valence-electron chi connectivity index (χ0n) is 24.1.